The molecule has 1 unspecified atom stereocenters. The van der Waals surface area contributed by atoms with E-state index in [2.05, 4.69) is 20.3 Å². The normalized spacial score (nSPS) is 16.1. The van der Waals surface area contributed by atoms with E-state index in [1.165, 1.54) is 0 Å². The second kappa shape index (κ2) is 6.55. The van der Waals surface area contributed by atoms with Crippen LogP contribution in [0.4, 0.5) is 11.9 Å². The summed E-state index contributed by atoms with van der Waals surface area (Å²) in [5.41, 5.74) is 5.63. The lowest BCUT2D eigenvalue weighted by atomic mass is 10.3. The SMILES string of the molecule is CC(C)Oc1nc(N)nc(NC(C)C(=O)N2CCCC2)n1. The first-order chi connectivity index (χ1) is 9.95. The molecular weight excluding hydrogens is 272 g/mol. The number of likely N-dealkylation sites (tertiary alicyclic amines) is 1. The summed E-state index contributed by atoms with van der Waals surface area (Å²) in [5, 5.41) is 2.96. The van der Waals surface area contributed by atoms with Gasteiger partial charge in [-0.2, -0.15) is 15.0 Å². The Balaban J connectivity index is 2.04. The van der Waals surface area contributed by atoms with Crippen molar-refractivity contribution in [1.29, 1.82) is 0 Å². The molecule has 1 aromatic heterocycles. The lowest BCUT2D eigenvalue weighted by Crippen LogP contribution is -2.40. The standard InChI is InChI=1S/C13H22N6O2/c1-8(2)21-13-17-11(14)16-12(18-13)15-9(3)10(20)19-6-4-5-7-19/h8-9H,4-7H2,1-3H3,(H3,14,15,16,17,18). The number of nitrogen functional groups attached to an aromatic ring is 1. The highest BCUT2D eigenvalue weighted by Gasteiger charge is 2.24. The smallest absolute Gasteiger partial charge is 0.323 e. The second-order valence-corrected chi connectivity index (χ2v) is 5.36. The lowest BCUT2D eigenvalue weighted by molar-refractivity contribution is -0.130. The Hall–Kier alpha value is -2.12. The molecule has 1 fully saturated rings. The molecule has 1 atom stereocenters. The van der Waals surface area contributed by atoms with Crippen LogP contribution >= 0.6 is 0 Å². The molecule has 0 aromatic carbocycles. The quantitative estimate of drug-likeness (QED) is 0.821. The number of nitrogens with zero attached hydrogens (tertiary/aromatic N) is 4. The zero-order chi connectivity index (χ0) is 15.4. The Morgan fingerprint density at radius 1 is 1.24 bits per heavy atom. The van der Waals surface area contributed by atoms with Crippen LogP contribution in [0.15, 0.2) is 0 Å². The number of carbonyl (C=O) groups excluding carboxylic acids is 1. The molecule has 8 heteroatoms. The molecule has 2 heterocycles. The van der Waals surface area contributed by atoms with Gasteiger partial charge in [0.05, 0.1) is 6.10 Å². The molecule has 0 spiro atoms. The molecule has 0 aliphatic carbocycles. The molecule has 0 bridgehead atoms. The fourth-order valence-corrected chi connectivity index (χ4v) is 2.17. The van der Waals surface area contributed by atoms with Gasteiger partial charge in [0.1, 0.15) is 6.04 Å². The largest absolute Gasteiger partial charge is 0.461 e. The van der Waals surface area contributed by atoms with Crippen molar-refractivity contribution in [2.75, 3.05) is 24.1 Å². The van der Waals surface area contributed by atoms with Gasteiger partial charge in [0.2, 0.25) is 17.8 Å². The molecule has 1 amide bonds. The number of hydrogen-bond donors (Lipinski definition) is 2. The number of carbonyl (C=O) groups is 1. The van der Waals surface area contributed by atoms with E-state index < -0.39 is 6.04 Å². The van der Waals surface area contributed by atoms with E-state index in [0.29, 0.717) is 0 Å². The highest BCUT2D eigenvalue weighted by molar-refractivity contribution is 5.84. The maximum absolute atomic E-state index is 12.2. The topological polar surface area (TPSA) is 106 Å². The summed E-state index contributed by atoms with van der Waals surface area (Å²) in [6.07, 6.45) is 2.05. The van der Waals surface area contributed by atoms with Crippen LogP contribution in [0.1, 0.15) is 33.6 Å². The number of rotatable bonds is 5. The third-order valence-electron chi connectivity index (χ3n) is 3.11. The van der Waals surface area contributed by atoms with Crippen LogP contribution < -0.4 is 15.8 Å². The number of amides is 1. The van der Waals surface area contributed by atoms with Crippen LogP contribution in [0.25, 0.3) is 0 Å². The maximum atomic E-state index is 12.2. The van der Waals surface area contributed by atoms with Gasteiger partial charge in [-0.3, -0.25) is 4.79 Å². The molecule has 8 nitrogen and oxygen atoms in total. The maximum Gasteiger partial charge on any atom is 0.323 e. The highest BCUT2D eigenvalue weighted by Crippen LogP contribution is 2.14. The first-order valence-corrected chi connectivity index (χ1v) is 7.19. The van der Waals surface area contributed by atoms with Crippen molar-refractivity contribution in [2.24, 2.45) is 0 Å². The third kappa shape index (κ3) is 4.17. The molecule has 0 radical (unpaired) electrons. The number of nitrogens with two attached hydrogens (primary N) is 1. The molecule has 116 valence electrons. The van der Waals surface area contributed by atoms with E-state index in [4.69, 9.17) is 10.5 Å². The highest BCUT2D eigenvalue weighted by atomic mass is 16.5. The minimum absolute atomic E-state index is 0.0396. The average Bonchev–Trinajstić information content (AvgIpc) is 2.89. The molecule has 21 heavy (non-hydrogen) atoms. The summed E-state index contributed by atoms with van der Waals surface area (Å²) in [6, 6.07) is -0.266. The minimum atomic E-state index is -0.420. The van der Waals surface area contributed by atoms with E-state index in [0.717, 1.165) is 25.9 Å². The van der Waals surface area contributed by atoms with Crippen LogP contribution in [-0.4, -0.2) is 51.0 Å². The number of nitrogens with one attached hydrogen (secondary N) is 1. The van der Waals surface area contributed by atoms with Gasteiger partial charge in [-0.25, -0.2) is 0 Å². The van der Waals surface area contributed by atoms with Crippen molar-refractivity contribution in [3.8, 4) is 6.01 Å². The Bertz CT molecular complexity index is 501. The molecule has 2 rings (SSSR count). The van der Waals surface area contributed by atoms with Crippen molar-refractivity contribution >= 4 is 17.8 Å². The summed E-state index contributed by atoms with van der Waals surface area (Å²) >= 11 is 0. The Kier molecular flexibility index (Phi) is 4.77. The van der Waals surface area contributed by atoms with Crippen LogP contribution in [0.5, 0.6) is 6.01 Å². The van der Waals surface area contributed by atoms with Gasteiger partial charge in [0.25, 0.3) is 0 Å². The first-order valence-electron chi connectivity index (χ1n) is 7.19. The van der Waals surface area contributed by atoms with Crippen LogP contribution in [0.2, 0.25) is 0 Å². The summed E-state index contributed by atoms with van der Waals surface area (Å²) < 4.78 is 5.40. The second-order valence-electron chi connectivity index (χ2n) is 5.36. The average molecular weight is 294 g/mol. The molecule has 1 saturated heterocycles. The van der Waals surface area contributed by atoms with E-state index in [-0.39, 0.29) is 29.9 Å². The summed E-state index contributed by atoms with van der Waals surface area (Å²) in [4.78, 5) is 26.1. The van der Waals surface area contributed by atoms with Gasteiger partial charge < -0.3 is 20.7 Å². The number of aromatic nitrogens is 3. The van der Waals surface area contributed by atoms with Gasteiger partial charge in [-0.1, -0.05) is 0 Å². The van der Waals surface area contributed by atoms with E-state index >= 15 is 0 Å². The molecule has 3 N–H and O–H groups in total. The molecule has 0 saturated carbocycles. The number of hydrogen-bond acceptors (Lipinski definition) is 7. The van der Waals surface area contributed by atoms with Crippen LogP contribution in [0.3, 0.4) is 0 Å². The van der Waals surface area contributed by atoms with Gasteiger partial charge in [-0.15, -0.1) is 0 Å². The van der Waals surface area contributed by atoms with Crippen molar-refractivity contribution in [1.82, 2.24) is 19.9 Å². The van der Waals surface area contributed by atoms with Crippen molar-refractivity contribution in [3.63, 3.8) is 0 Å². The van der Waals surface area contributed by atoms with E-state index in [9.17, 15) is 4.79 Å². The predicted octanol–water partition coefficient (Wildman–Crippen LogP) is 0.664. The summed E-state index contributed by atoms with van der Waals surface area (Å²) in [5.74, 6) is 0.347. The first kappa shape index (κ1) is 15.3. The molecular formula is C13H22N6O2. The van der Waals surface area contributed by atoms with Crippen molar-refractivity contribution < 1.29 is 9.53 Å². The fraction of sp³-hybridized carbons (Fsp3) is 0.692. The van der Waals surface area contributed by atoms with Gasteiger partial charge in [0, 0.05) is 13.1 Å². The lowest BCUT2D eigenvalue weighted by Gasteiger charge is -2.21. The van der Waals surface area contributed by atoms with E-state index in [1.807, 2.05) is 18.7 Å². The number of ether oxygens (including phenoxy) is 1. The Labute approximate surface area is 124 Å². The number of anilines is 2. The van der Waals surface area contributed by atoms with Gasteiger partial charge >= 0.3 is 6.01 Å². The molecule has 1 aromatic rings. The van der Waals surface area contributed by atoms with Gasteiger partial charge in [0.15, 0.2) is 0 Å². The summed E-state index contributed by atoms with van der Waals surface area (Å²) in [6.45, 7) is 7.14. The third-order valence-corrected chi connectivity index (χ3v) is 3.11. The summed E-state index contributed by atoms with van der Waals surface area (Å²) in [7, 11) is 0. The van der Waals surface area contributed by atoms with Crippen LogP contribution in [-0.2, 0) is 4.79 Å². The molecule has 1 aliphatic heterocycles. The monoisotopic (exact) mass is 294 g/mol. The van der Waals surface area contributed by atoms with Crippen LogP contribution in [0, 0.1) is 0 Å². The molecule has 1 aliphatic rings. The predicted molar refractivity (Wildman–Crippen MR) is 78.9 cm³/mol. The van der Waals surface area contributed by atoms with Gasteiger partial charge in [-0.05, 0) is 33.6 Å². The zero-order valence-electron chi connectivity index (χ0n) is 12.7. The van der Waals surface area contributed by atoms with E-state index in [1.54, 1.807) is 6.92 Å². The fourth-order valence-electron chi connectivity index (χ4n) is 2.17. The zero-order valence-corrected chi connectivity index (χ0v) is 12.7. The van der Waals surface area contributed by atoms with Crippen molar-refractivity contribution in [2.45, 2.75) is 45.8 Å². The Morgan fingerprint density at radius 3 is 2.52 bits per heavy atom. The Morgan fingerprint density at radius 2 is 1.90 bits per heavy atom. The minimum Gasteiger partial charge on any atom is -0.461 e. The van der Waals surface area contributed by atoms with Crippen molar-refractivity contribution in [3.05, 3.63) is 0 Å².